The van der Waals surface area contributed by atoms with Gasteiger partial charge in [-0.1, -0.05) is 12.2 Å². The first-order valence-corrected chi connectivity index (χ1v) is 12.1. The summed E-state index contributed by atoms with van der Waals surface area (Å²) in [5, 5.41) is 0. The Morgan fingerprint density at radius 2 is 0.853 bits per heavy atom. The summed E-state index contributed by atoms with van der Waals surface area (Å²) in [5.41, 5.74) is 0. The highest BCUT2D eigenvalue weighted by Gasteiger charge is 2.48. The molecule has 0 aromatic heterocycles. The van der Waals surface area contributed by atoms with Crippen LogP contribution >= 0.6 is 0 Å². The lowest BCUT2D eigenvalue weighted by Crippen LogP contribution is -2.64. The van der Waals surface area contributed by atoms with Gasteiger partial charge in [0.1, 0.15) is 0 Å². The second kappa shape index (κ2) is 14.1. The monoisotopic (exact) mass is 482 g/mol. The standard InChI is InChI=1S/C24H38N2O8/c1-5-31-19(27)13-25(14-20(28)32-6-2)23-17-9-11-18(12-10-17)24(23)26(15-21(29)33-7-3)16-22(30)34-8-4/h9,11,17-18,23-24H,5-8,10,12-16H2,1-4H3/t17-,18?,23+,24?/m0/s1. The molecule has 0 radical (unpaired) electrons. The fourth-order valence-corrected chi connectivity index (χ4v) is 4.94. The molecule has 0 N–H and O–H groups in total. The molecule has 34 heavy (non-hydrogen) atoms. The van der Waals surface area contributed by atoms with Gasteiger partial charge < -0.3 is 18.9 Å². The zero-order valence-electron chi connectivity index (χ0n) is 20.7. The molecule has 0 spiro atoms. The van der Waals surface area contributed by atoms with Crippen molar-refractivity contribution in [3.63, 3.8) is 0 Å². The van der Waals surface area contributed by atoms with E-state index in [0.717, 1.165) is 12.8 Å². The predicted octanol–water partition coefficient (Wildman–Crippen LogP) is 1.18. The summed E-state index contributed by atoms with van der Waals surface area (Å²) in [6.45, 7) is 7.40. The van der Waals surface area contributed by atoms with Crippen molar-refractivity contribution in [3.05, 3.63) is 12.2 Å². The number of hydrogen-bond acceptors (Lipinski definition) is 10. The minimum atomic E-state index is -0.446. The average Bonchev–Trinajstić information content (AvgIpc) is 2.79. The van der Waals surface area contributed by atoms with E-state index in [1.54, 1.807) is 37.5 Å². The summed E-state index contributed by atoms with van der Waals surface area (Å²) in [4.78, 5) is 53.3. The number of esters is 4. The van der Waals surface area contributed by atoms with E-state index in [4.69, 9.17) is 18.9 Å². The van der Waals surface area contributed by atoms with Crippen LogP contribution in [0, 0.1) is 11.8 Å². The molecular weight excluding hydrogens is 444 g/mol. The average molecular weight is 483 g/mol. The quantitative estimate of drug-likeness (QED) is 0.203. The molecule has 4 atom stereocenters. The van der Waals surface area contributed by atoms with E-state index in [1.165, 1.54) is 0 Å². The summed E-state index contributed by atoms with van der Waals surface area (Å²) >= 11 is 0. The molecule has 3 aliphatic carbocycles. The lowest BCUT2D eigenvalue weighted by molar-refractivity contribution is -0.157. The summed E-state index contributed by atoms with van der Waals surface area (Å²) in [6, 6.07) is -0.608. The maximum atomic E-state index is 12.4. The lowest BCUT2D eigenvalue weighted by Gasteiger charge is -2.52. The van der Waals surface area contributed by atoms with E-state index >= 15 is 0 Å². The minimum Gasteiger partial charge on any atom is -0.465 e. The molecule has 3 aliphatic rings. The third kappa shape index (κ3) is 7.80. The van der Waals surface area contributed by atoms with Gasteiger partial charge >= 0.3 is 23.9 Å². The molecule has 0 heterocycles. The van der Waals surface area contributed by atoms with Crippen molar-refractivity contribution in [2.45, 2.75) is 52.6 Å². The topological polar surface area (TPSA) is 112 Å². The second-order valence-electron chi connectivity index (χ2n) is 8.30. The Morgan fingerprint density at radius 1 is 0.588 bits per heavy atom. The van der Waals surface area contributed by atoms with Crippen molar-refractivity contribution in [2.24, 2.45) is 11.8 Å². The number of fused-ring (bicyclic) bond motifs is 2. The Morgan fingerprint density at radius 3 is 1.06 bits per heavy atom. The Balaban J connectivity index is 2.40. The highest BCUT2D eigenvalue weighted by atomic mass is 16.5. The number of ether oxygens (including phenoxy) is 4. The van der Waals surface area contributed by atoms with Crippen LogP contribution in [0.1, 0.15) is 40.5 Å². The molecule has 0 aromatic carbocycles. The van der Waals surface area contributed by atoms with Gasteiger partial charge in [-0.25, -0.2) is 0 Å². The van der Waals surface area contributed by atoms with Gasteiger partial charge in [0, 0.05) is 12.1 Å². The first kappa shape index (κ1) is 27.8. The Kier molecular flexibility index (Phi) is 11.5. The largest absolute Gasteiger partial charge is 0.465 e. The first-order valence-electron chi connectivity index (χ1n) is 12.1. The Bertz CT molecular complexity index is 640. The van der Waals surface area contributed by atoms with Crippen LogP contribution in [0.5, 0.6) is 0 Å². The van der Waals surface area contributed by atoms with Crippen LogP contribution in [0.2, 0.25) is 0 Å². The van der Waals surface area contributed by atoms with Crippen molar-refractivity contribution in [1.82, 2.24) is 9.80 Å². The predicted molar refractivity (Wildman–Crippen MR) is 123 cm³/mol. The summed E-state index contributed by atoms with van der Waals surface area (Å²) in [5.74, 6) is -1.72. The third-order valence-electron chi connectivity index (χ3n) is 6.06. The molecule has 2 unspecified atom stereocenters. The van der Waals surface area contributed by atoms with Gasteiger partial charge in [0.05, 0.1) is 52.6 Å². The molecule has 0 aromatic rings. The molecule has 192 valence electrons. The van der Waals surface area contributed by atoms with Gasteiger partial charge in [-0.2, -0.15) is 0 Å². The van der Waals surface area contributed by atoms with E-state index in [1.807, 2.05) is 0 Å². The van der Waals surface area contributed by atoms with Crippen molar-refractivity contribution in [3.8, 4) is 0 Å². The van der Waals surface area contributed by atoms with Crippen LogP contribution in [0.4, 0.5) is 0 Å². The van der Waals surface area contributed by atoms with Crippen LogP contribution < -0.4 is 0 Å². The minimum absolute atomic E-state index is 0.0331. The molecule has 0 saturated heterocycles. The maximum absolute atomic E-state index is 12.4. The second-order valence-corrected chi connectivity index (χ2v) is 8.30. The van der Waals surface area contributed by atoms with E-state index in [0.29, 0.717) is 0 Å². The Hall–Kier alpha value is -2.46. The molecule has 0 aliphatic heterocycles. The van der Waals surface area contributed by atoms with Crippen LogP contribution in [0.3, 0.4) is 0 Å². The zero-order chi connectivity index (χ0) is 25.1. The van der Waals surface area contributed by atoms with Crippen LogP contribution in [0.15, 0.2) is 12.2 Å². The zero-order valence-corrected chi connectivity index (χ0v) is 20.7. The smallest absolute Gasteiger partial charge is 0.320 e. The summed E-state index contributed by atoms with van der Waals surface area (Å²) < 4.78 is 20.6. The molecule has 0 amide bonds. The van der Waals surface area contributed by atoms with Crippen molar-refractivity contribution in [1.29, 1.82) is 0 Å². The van der Waals surface area contributed by atoms with Gasteiger partial charge in [0.15, 0.2) is 0 Å². The molecule has 1 saturated carbocycles. The molecule has 2 bridgehead atoms. The molecule has 1 fully saturated rings. The fourth-order valence-electron chi connectivity index (χ4n) is 4.94. The van der Waals surface area contributed by atoms with E-state index < -0.39 is 23.9 Å². The number of carbonyl (C=O) groups is 4. The van der Waals surface area contributed by atoms with Crippen molar-refractivity contribution in [2.75, 3.05) is 52.6 Å². The normalized spacial score (nSPS) is 23.1. The van der Waals surface area contributed by atoms with E-state index in [2.05, 4.69) is 12.2 Å². The van der Waals surface area contributed by atoms with Crippen LogP contribution in [0.25, 0.3) is 0 Å². The highest BCUT2D eigenvalue weighted by Crippen LogP contribution is 2.41. The Labute approximate surface area is 201 Å². The highest BCUT2D eigenvalue weighted by molar-refractivity contribution is 5.76. The number of carbonyl (C=O) groups excluding carboxylic acids is 4. The van der Waals surface area contributed by atoms with E-state index in [-0.39, 0.29) is 76.5 Å². The SMILES string of the molecule is CCOC(=O)CN(CC(=O)OCC)C1C2C=C[C@@H](CC2)[C@H]1N(CC(=O)OCC)CC(=O)OCC. The van der Waals surface area contributed by atoms with Gasteiger partial charge in [-0.05, 0) is 52.4 Å². The molecular formula is C24H38N2O8. The van der Waals surface area contributed by atoms with Crippen LogP contribution in [-0.4, -0.2) is 98.4 Å². The lowest BCUT2D eigenvalue weighted by atomic mass is 9.68. The van der Waals surface area contributed by atoms with Gasteiger partial charge in [0.2, 0.25) is 0 Å². The maximum Gasteiger partial charge on any atom is 0.320 e. The third-order valence-corrected chi connectivity index (χ3v) is 6.06. The van der Waals surface area contributed by atoms with Gasteiger partial charge in [0.25, 0.3) is 0 Å². The van der Waals surface area contributed by atoms with E-state index in [9.17, 15) is 19.2 Å². The summed E-state index contributed by atoms with van der Waals surface area (Å²) in [7, 11) is 0. The number of nitrogens with zero attached hydrogens (tertiary/aromatic N) is 2. The first-order chi connectivity index (χ1) is 16.3. The summed E-state index contributed by atoms with van der Waals surface area (Å²) in [6.07, 6.45) is 5.95. The molecule has 10 heteroatoms. The van der Waals surface area contributed by atoms with Crippen molar-refractivity contribution < 1.29 is 38.1 Å². The van der Waals surface area contributed by atoms with Gasteiger partial charge in [-0.3, -0.25) is 29.0 Å². The number of rotatable bonds is 14. The van der Waals surface area contributed by atoms with Gasteiger partial charge in [-0.15, -0.1) is 0 Å². The molecule has 3 rings (SSSR count). The number of hydrogen-bond donors (Lipinski definition) is 0. The molecule has 10 nitrogen and oxygen atoms in total. The fraction of sp³-hybridized carbons (Fsp3) is 0.750. The van der Waals surface area contributed by atoms with Crippen LogP contribution in [-0.2, 0) is 38.1 Å². The van der Waals surface area contributed by atoms with Crippen molar-refractivity contribution >= 4 is 23.9 Å².